The minimum Gasteiger partial charge on any atom is -0.394 e. The van der Waals surface area contributed by atoms with Gasteiger partial charge in [-0.15, -0.1) is 5.10 Å². The highest BCUT2D eigenvalue weighted by Gasteiger charge is 2.40. The van der Waals surface area contributed by atoms with Gasteiger partial charge in [0.1, 0.15) is 30.5 Å². The zero-order chi connectivity index (χ0) is 16.6. The molecular formula is C14H18FN5O3. The fourth-order valence-electron chi connectivity index (χ4n) is 2.76. The molecule has 0 aliphatic carbocycles. The number of alkyl halides is 1. The first-order chi connectivity index (χ1) is 11.0. The van der Waals surface area contributed by atoms with Gasteiger partial charge in [0.15, 0.2) is 0 Å². The van der Waals surface area contributed by atoms with Crippen molar-refractivity contribution in [2.75, 3.05) is 6.61 Å². The maximum Gasteiger partial charge on any atom is 0.253 e. The Morgan fingerprint density at radius 2 is 2.39 bits per heavy atom. The van der Waals surface area contributed by atoms with Crippen LogP contribution in [0.5, 0.6) is 0 Å². The molecule has 2 aliphatic heterocycles. The van der Waals surface area contributed by atoms with E-state index in [0.29, 0.717) is 17.8 Å². The van der Waals surface area contributed by atoms with E-state index in [1.807, 2.05) is 0 Å². The van der Waals surface area contributed by atoms with Gasteiger partial charge in [-0.2, -0.15) is 0 Å². The smallest absolute Gasteiger partial charge is 0.253 e. The molecule has 3 rings (SSSR count). The summed E-state index contributed by atoms with van der Waals surface area (Å²) in [4.78, 5) is 13.3. The standard InChI is InChI=1S/C14H18FN5O3/c1-8-5-19(9(2)16-14(8)22)13-3-11(12(7-21)23-13)20-6-10(4-15)17-18-20/h5-6,11-13,21H,2-4,7H2,1H3,(H,16,22)/t11?,12-,13-/m1/s1. The summed E-state index contributed by atoms with van der Waals surface area (Å²) in [7, 11) is 0. The van der Waals surface area contributed by atoms with Gasteiger partial charge < -0.3 is 20.1 Å². The van der Waals surface area contributed by atoms with E-state index in [1.54, 1.807) is 18.0 Å². The van der Waals surface area contributed by atoms with Crippen molar-refractivity contribution < 1.29 is 19.0 Å². The number of halogens is 1. The lowest BCUT2D eigenvalue weighted by atomic mass is 10.1. The Bertz CT molecular complexity index is 659. The minimum absolute atomic E-state index is 0.205. The molecule has 2 N–H and O–H groups in total. The topological polar surface area (TPSA) is 92.5 Å². The first kappa shape index (κ1) is 15.6. The zero-order valence-corrected chi connectivity index (χ0v) is 12.6. The van der Waals surface area contributed by atoms with Crippen LogP contribution in [0.1, 0.15) is 25.1 Å². The van der Waals surface area contributed by atoms with Gasteiger partial charge >= 0.3 is 0 Å². The summed E-state index contributed by atoms with van der Waals surface area (Å²) in [6.45, 7) is 4.60. The second-order valence-electron chi connectivity index (χ2n) is 5.56. The van der Waals surface area contributed by atoms with E-state index < -0.39 is 19.0 Å². The molecule has 3 atom stereocenters. The number of aliphatic hydroxyl groups is 1. The summed E-state index contributed by atoms with van der Waals surface area (Å²) in [5.74, 6) is 0.203. The molecule has 9 heteroatoms. The van der Waals surface area contributed by atoms with Crippen molar-refractivity contribution in [2.45, 2.75) is 38.4 Å². The van der Waals surface area contributed by atoms with Crippen molar-refractivity contribution >= 4 is 5.91 Å². The van der Waals surface area contributed by atoms with E-state index in [4.69, 9.17) is 4.74 Å². The van der Waals surface area contributed by atoms with Crippen LogP contribution in [0.2, 0.25) is 0 Å². The lowest BCUT2D eigenvalue weighted by Crippen LogP contribution is -2.42. The highest BCUT2D eigenvalue weighted by molar-refractivity contribution is 5.94. The molecule has 0 saturated carbocycles. The summed E-state index contributed by atoms with van der Waals surface area (Å²) in [6.07, 6.45) is 2.73. The number of hydrogen-bond donors (Lipinski definition) is 2. The van der Waals surface area contributed by atoms with Crippen LogP contribution >= 0.6 is 0 Å². The van der Waals surface area contributed by atoms with E-state index in [2.05, 4.69) is 22.2 Å². The van der Waals surface area contributed by atoms with Crippen LogP contribution in [0.3, 0.4) is 0 Å². The van der Waals surface area contributed by atoms with Gasteiger partial charge in [0.25, 0.3) is 5.91 Å². The number of amides is 1. The first-order valence-electron chi connectivity index (χ1n) is 7.23. The third-order valence-corrected chi connectivity index (χ3v) is 3.99. The highest BCUT2D eigenvalue weighted by atomic mass is 19.1. The molecule has 0 bridgehead atoms. The largest absolute Gasteiger partial charge is 0.394 e. The Labute approximate surface area is 132 Å². The van der Waals surface area contributed by atoms with E-state index >= 15 is 0 Å². The van der Waals surface area contributed by atoms with Crippen LogP contribution in [0.15, 0.2) is 30.4 Å². The number of ether oxygens (including phenoxy) is 1. The van der Waals surface area contributed by atoms with Gasteiger partial charge in [-0.1, -0.05) is 11.8 Å². The molecule has 1 unspecified atom stereocenters. The molecule has 0 radical (unpaired) electrons. The Kier molecular flexibility index (Phi) is 4.14. The summed E-state index contributed by atoms with van der Waals surface area (Å²) in [6, 6.07) is -0.281. The number of aromatic nitrogens is 3. The highest BCUT2D eigenvalue weighted by Crippen LogP contribution is 2.34. The molecule has 3 heterocycles. The molecule has 2 aliphatic rings. The summed E-state index contributed by atoms with van der Waals surface area (Å²) < 4.78 is 20.0. The van der Waals surface area contributed by atoms with Crippen molar-refractivity contribution in [2.24, 2.45) is 0 Å². The molecule has 1 amide bonds. The number of hydrogen-bond acceptors (Lipinski definition) is 6. The quantitative estimate of drug-likeness (QED) is 0.822. The molecule has 23 heavy (non-hydrogen) atoms. The third kappa shape index (κ3) is 2.84. The fourth-order valence-corrected chi connectivity index (χ4v) is 2.76. The molecule has 1 aromatic heterocycles. The molecule has 0 aromatic carbocycles. The number of carbonyl (C=O) groups excluding carboxylic acids is 1. The number of carbonyl (C=O) groups is 1. The minimum atomic E-state index is -0.697. The van der Waals surface area contributed by atoms with Gasteiger partial charge in [0, 0.05) is 18.2 Å². The predicted octanol–water partition coefficient (Wildman–Crippen LogP) is 0.203. The average molecular weight is 323 g/mol. The van der Waals surface area contributed by atoms with Crippen molar-refractivity contribution in [3.63, 3.8) is 0 Å². The van der Waals surface area contributed by atoms with Crippen molar-refractivity contribution in [1.29, 1.82) is 0 Å². The summed E-state index contributed by atoms with van der Waals surface area (Å²) in [5.41, 5.74) is 0.765. The third-order valence-electron chi connectivity index (χ3n) is 3.99. The van der Waals surface area contributed by atoms with E-state index in [-0.39, 0.29) is 24.2 Å². The normalized spacial score (nSPS) is 28.0. The average Bonchev–Trinajstić information content (AvgIpc) is 3.16. The van der Waals surface area contributed by atoms with Crippen LogP contribution in [0, 0.1) is 0 Å². The van der Waals surface area contributed by atoms with Crippen LogP contribution in [-0.4, -0.2) is 49.8 Å². The molecule has 8 nitrogen and oxygen atoms in total. The van der Waals surface area contributed by atoms with E-state index in [1.165, 1.54) is 10.9 Å². The van der Waals surface area contributed by atoms with Gasteiger partial charge in [-0.25, -0.2) is 9.07 Å². The monoisotopic (exact) mass is 323 g/mol. The zero-order valence-electron chi connectivity index (χ0n) is 12.6. The number of rotatable bonds is 4. The molecule has 124 valence electrons. The van der Waals surface area contributed by atoms with Crippen LogP contribution in [-0.2, 0) is 16.2 Å². The second kappa shape index (κ2) is 6.09. The second-order valence-corrected chi connectivity index (χ2v) is 5.56. The van der Waals surface area contributed by atoms with Crippen LogP contribution in [0.25, 0.3) is 0 Å². The number of nitrogens with zero attached hydrogens (tertiary/aromatic N) is 4. The maximum atomic E-state index is 12.6. The van der Waals surface area contributed by atoms with Gasteiger partial charge in [0.05, 0.1) is 18.8 Å². The summed E-state index contributed by atoms with van der Waals surface area (Å²) in [5, 5.41) is 19.8. The Morgan fingerprint density at radius 3 is 3.04 bits per heavy atom. The Balaban J connectivity index is 1.81. The van der Waals surface area contributed by atoms with Crippen molar-refractivity contribution in [3.8, 4) is 0 Å². The molecule has 1 fully saturated rings. The van der Waals surface area contributed by atoms with Crippen molar-refractivity contribution in [3.05, 3.63) is 36.1 Å². The van der Waals surface area contributed by atoms with E-state index in [0.717, 1.165) is 0 Å². The Morgan fingerprint density at radius 1 is 1.61 bits per heavy atom. The first-order valence-corrected chi connectivity index (χ1v) is 7.23. The SMILES string of the molecule is C=C1NC(=O)C(C)=CN1[C@H]1CC(n2cc(CF)nn2)[C@@H](CO)O1. The Hall–Kier alpha value is -2.26. The molecule has 1 aromatic rings. The van der Waals surface area contributed by atoms with Crippen LogP contribution in [0.4, 0.5) is 4.39 Å². The lowest BCUT2D eigenvalue weighted by molar-refractivity contribution is -0.118. The van der Waals surface area contributed by atoms with Gasteiger partial charge in [-0.3, -0.25) is 4.79 Å². The molecular weight excluding hydrogens is 305 g/mol. The van der Waals surface area contributed by atoms with E-state index in [9.17, 15) is 14.3 Å². The lowest BCUT2D eigenvalue weighted by Gasteiger charge is -2.32. The van der Waals surface area contributed by atoms with Crippen LogP contribution < -0.4 is 5.32 Å². The molecule has 0 spiro atoms. The van der Waals surface area contributed by atoms with Gasteiger partial charge in [-0.05, 0) is 6.92 Å². The fraction of sp³-hybridized carbons (Fsp3) is 0.500. The number of aliphatic hydroxyl groups excluding tert-OH is 1. The molecule has 1 saturated heterocycles. The summed E-state index contributed by atoms with van der Waals surface area (Å²) >= 11 is 0. The maximum absolute atomic E-state index is 12.6. The number of nitrogens with one attached hydrogen (secondary N) is 1. The van der Waals surface area contributed by atoms with Crippen molar-refractivity contribution in [1.82, 2.24) is 25.2 Å². The van der Waals surface area contributed by atoms with Gasteiger partial charge in [0.2, 0.25) is 0 Å². The predicted molar refractivity (Wildman–Crippen MR) is 77.1 cm³/mol.